The number of amides is 1. The molecule has 4 N–H and O–H groups in total. The van der Waals surface area contributed by atoms with Gasteiger partial charge in [-0.1, -0.05) is 17.7 Å². The van der Waals surface area contributed by atoms with Gasteiger partial charge in [-0.2, -0.15) is 10.2 Å². The summed E-state index contributed by atoms with van der Waals surface area (Å²) >= 11 is 6.23. The lowest BCUT2D eigenvalue weighted by atomic mass is 10.1. The van der Waals surface area contributed by atoms with Crippen molar-refractivity contribution in [2.75, 3.05) is 33.0 Å². The summed E-state index contributed by atoms with van der Waals surface area (Å²) in [7, 11) is 5.45. The first kappa shape index (κ1) is 26.6. The Balaban J connectivity index is 1.81. The normalized spacial score (nSPS) is 12.0. The van der Waals surface area contributed by atoms with E-state index in [9.17, 15) is 9.59 Å². The Morgan fingerprint density at radius 2 is 1.97 bits per heavy atom. The van der Waals surface area contributed by atoms with Crippen molar-refractivity contribution in [3.05, 3.63) is 76.5 Å². The summed E-state index contributed by atoms with van der Waals surface area (Å²) < 4.78 is 7.80. The van der Waals surface area contributed by atoms with Gasteiger partial charge in [0.05, 0.1) is 11.3 Å². The molecule has 0 saturated carbocycles. The van der Waals surface area contributed by atoms with Gasteiger partial charge in [-0.3, -0.25) is 9.59 Å². The monoisotopic (exact) mass is 533 g/mol. The molecule has 0 bridgehead atoms. The van der Waals surface area contributed by atoms with Crippen molar-refractivity contribution in [1.29, 1.82) is 0 Å². The quantitative estimate of drug-likeness (QED) is 0.0975. The lowest BCUT2D eigenvalue weighted by Crippen LogP contribution is -2.19. The van der Waals surface area contributed by atoms with Crippen LogP contribution in [0.15, 0.2) is 64.1 Å². The minimum absolute atomic E-state index is 0.0714. The average molecular weight is 534 g/mol. The fraction of sp³-hybridized carbons (Fsp3) is 0.185. The summed E-state index contributed by atoms with van der Waals surface area (Å²) in [5, 5.41) is 12.8. The Morgan fingerprint density at radius 3 is 2.63 bits per heavy atom. The molecular formula is C27H28ClN7O3. The largest absolute Gasteiger partial charge is 0.454 e. The second-order valence-corrected chi connectivity index (χ2v) is 9.19. The van der Waals surface area contributed by atoms with E-state index >= 15 is 0 Å². The van der Waals surface area contributed by atoms with Crippen LogP contribution in [-0.2, 0) is 4.79 Å². The zero-order valence-electron chi connectivity index (χ0n) is 21.4. The average Bonchev–Trinajstić information content (AvgIpc) is 3.42. The number of nitrogens with two attached hydrogens (primary N) is 1. The number of hydrazone groups is 1. The highest BCUT2D eigenvalue weighted by molar-refractivity contribution is 6.31. The molecule has 0 aliphatic rings. The fourth-order valence-corrected chi connectivity index (χ4v) is 4.17. The Morgan fingerprint density at radius 1 is 1.24 bits per heavy atom. The lowest BCUT2D eigenvalue weighted by Gasteiger charge is -2.10. The summed E-state index contributed by atoms with van der Waals surface area (Å²) in [6.45, 7) is 2.55. The summed E-state index contributed by atoms with van der Waals surface area (Å²) in [4.78, 5) is 26.2. The van der Waals surface area contributed by atoms with Crippen molar-refractivity contribution in [2.24, 2.45) is 10.8 Å². The molecule has 0 spiro atoms. The highest BCUT2D eigenvalue weighted by Crippen LogP contribution is 2.38. The van der Waals surface area contributed by atoms with Gasteiger partial charge in [0.2, 0.25) is 5.91 Å². The molecule has 2 aromatic heterocycles. The molecule has 0 unspecified atom stereocenters. The maximum Gasteiger partial charge on any atom is 0.248 e. The van der Waals surface area contributed by atoms with Crippen molar-refractivity contribution in [2.45, 2.75) is 6.92 Å². The van der Waals surface area contributed by atoms with Gasteiger partial charge >= 0.3 is 0 Å². The van der Waals surface area contributed by atoms with Crippen LogP contribution >= 0.6 is 11.6 Å². The molecule has 0 atom stereocenters. The first-order valence-corrected chi connectivity index (χ1v) is 12.1. The number of aromatic nitrogens is 2. The van der Waals surface area contributed by atoms with Crippen molar-refractivity contribution in [1.82, 2.24) is 20.1 Å². The predicted molar refractivity (Wildman–Crippen MR) is 150 cm³/mol. The maximum atomic E-state index is 12.2. The molecule has 10 nitrogen and oxygen atoms in total. The number of halogens is 1. The third kappa shape index (κ3) is 5.46. The molecule has 0 aliphatic heterocycles. The predicted octanol–water partition coefficient (Wildman–Crippen LogP) is 3.96. The van der Waals surface area contributed by atoms with Crippen molar-refractivity contribution in [3.8, 4) is 17.1 Å². The number of anilines is 1. The van der Waals surface area contributed by atoms with Gasteiger partial charge < -0.3 is 25.8 Å². The van der Waals surface area contributed by atoms with E-state index < -0.39 is 0 Å². The van der Waals surface area contributed by atoms with Crippen LogP contribution in [0.5, 0.6) is 0 Å². The van der Waals surface area contributed by atoms with Crippen molar-refractivity contribution < 1.29 is 14.0 Å². The van der Waals surface area contributed by atoms with E-state index in [1.54, 1.807) is 54.2 Å². The number of rotatable bonds is 9. The van der Waals surface area contributed by atoms with E-state index in [1.807, 2.05) is 32.0 Å². The maximum absolute atomic E-state index is 12.2. The van der Waals surface area contributed by atoms with Crippen LogP contribution in [0.3, 0.4) is 0 Å². The zero-order chi connectivity index (χ0) is 27.4. The number of carbonyl (C=O) groups excluding carboxylic acids is 2. The molecule has 4 rings (SSSR count). The topological polar surface area (TPSA) is 131 Å². The molecule has 0 radical (unpaired) electrons. The van der Waals surface area contributed by atoms with Gasteiger partial charge in [0.25, 0.3) is 0 Å². The number of fused-ring (bicyclic) bond motifs is 1. The van der Waals surface area contributed by atoms with Crippen molar-refractivity contribution in [3.63, 3.8) is 0 Å². The number of furan rings is 1. The fourth-order valence-electron chi connectivity index (χ4n) is 4.00. The van der Waals surface area contributed by atoms with Gasteiger partial charge in [0, 0.05) is 41.3 Å². The SMILES string of the molecule is CN/N=C(/N)c1c(C=O)nn(-c2ccc(NC(=O)/C=C/CN(C)C)cc2)c1-c1oc2ccc(Cl)cc2c1C. The highest BCUT2D eigenvalue weighted by atomic mass is 35.5. The molecule has 196 valence electrons. The number of benzene rings is 2. The molecule has 4 aromatic rings. The standard InChI is InChI=1S/C27H28ClN7O3/c1-16-20-14-17(28)7-12-22(20)38-26(16)25-24(27(29)32-30-2)21(15-36)33-35(25)19-10-8-18(9-11-19)31-23(37)6-5-13-34(3)4/h5-12,14-15,30H,13H2,1-4H3,(H2,29,32)(H,31,37)/b6-5+. The van der Waals surface area contributed by atoms with Crippen LogP contribution in [0.1, 0.15) is 21.6 Å². The van der Waals surface area contributed by atoms with Gasteiger partial charge in [0.15, 0.2) is 17.9 Å². The summed E-state index contributed by atoms with van der Waals surface area (Å²) in [6, 6.07) is 12.4. The molecule has 0 aliphatic carbocycles. The van der Waals surface area contributed by atoms with E-state index in [0.717, 1.165) is 10.9 Å². The molecular weight excluding hydrogens is 506 g/mol. The Hall–Kier alpha value is -4.41. The van der Waals surface area contributed by atoms with E-state index in [-0.39, 0.29) is 17.4 Å². The second kappa shape index (κ2) is 11.3. The van der Waals surface area contributed by atoms with Crippen LogP contribution in [0.25, 0.3) is 28.1 Å². The minimum Gasteiger partial charge on any atom is -0.454 e. The molecule has 2 heterocycles. The number of hydrogen-bond acceptors (Lipinski definition) is 7. The van der Waals surface area contributed by atoms with E-state index in [0.29, 0.717) is 51.8 Å². The van der Waals surface area contributed by atoms with Crippen LogP contribution in [0.4, 0.5) is 5.69 Å². The van der Waals surface area contributed by atoms with Gasteiger partial charge in [-0.15, -0.1) is 0 Å². The Bertz CT molecular complexity index is 1550. The van der Waals surface area contributed by atoms with E-state index in [4.69, 9.17) is 21.8 Å². The molecule has 11 heteroatoms. The summed E-state index contributed by atoms with van der Waals surface area (Å²) in [6.07, 6.45) is 3.89. The molecule has 2 aromatic carbocycles. The first-order valence-electron chi connectivity index (χ1n) is 11.7. The van der Waals surface area contributed by atoms with Crippen molar-refractivity contribution >= 4 is 46.3 Å². The molecule has 0 saturated heterocycles. The zero-order valence-corrected chi connectivity index (χ0v) is 22.2. The first-order chi connectivity index (χ1) is 18.2. The number of amidine groups is 1. The van der Waals surface area contributed by atoms with Gasteiger partial charge in [0.1, 0.15) is 17.0 Å². The number of hydrogen-bond donors (Lipinski definition) is 3. The number of nitrogens with zero attached hydrogens (tertiary/aromatic N) is 4. The van der Waals surface area contributed by atoms with E-state index in [1.165, 1.54) is 6.08 Å². The summed E-state index contributed by atoms with van der Waals surface area (Å²) in [5.41, 5.74) is 12.4. The van der Waals surface area contributed by atoms with Crippen LogP contribution in [0.2, 0.25) is 5.02 Å². The van der Waals surface area contributed by atoms with Crippen LogP contribution in [-0.4, -0.2) is 60.4 Å². The number of likely N-dealkylation sites (N-methyl/N-ethyl adjacent to an activating group) is 1. The lowest BCUT2D eigenvalue weighted by molar-refractivity contribution is -0.111. The third-order valence-electron chi connectivity index (χ3n) is 5.75. The Kier molecular flexibility index (Phi) is 7.94. The van der Waals surface area contributed by atoms with Crippen LogP contribution in [0, 0.1) is 6.92 Å². The number of carbonyl (C=O) groups is 2. The molecule has 38 heavy (non-hydrogen) atoms. The van der Waals surface area contributed by atoms with Gasteiger partial charge in [-0.25, -0.2) is 4.68 Å². The smallest absolute Gasteiger partial charge is 0.248 e. The minimum atomic E-state index is -0.238. The Labute approximate surface area is 224 Å². The van der Waals surface area contributed by atoms with E-state index in [2.05, 4.69) is 20.9 Å². The third-order valence-corrected chi connectivity index (χ3v) is 5.98. The number of aryl methyl sites for hydroxylation is 1. The van der Waals surface area contributed by atoms with Gasteiger partial charge in [-0.05, 0) is 63.5 Å². The summed E-state index contributed by atoms with van der Waals surface area (Å²) in [5.74, 6) is 0.301. The molecule has 1 amide bonds. The molecule has 0 fully saturated rings. The second-order valence-electron chi connectivity index (χ2n) is 8.76. The highest BCUT2D eigenvalue weighted by Gasteiger charge is 2.27. The number of nitrogens with one attached hydrogen (secondary N) is 2. The van der Waals surface area contributed by atoms with Crippen LogP contribution < -0.4 is 16.5 Å². The number of aldehydes is 1.